The highest BCUT2D eigenvalue weighted by molar-refractivity contribution is 5.48. The fraction of sp³-hybridized carbons (Fsp3) is 0.444. The standard InChI is InChI=1S/C18H22O/c1-17(2)11-14(12-18(3,4)13-17)9-10-15-7-5-6-8-16(15)19/h5-8,11,19H,12-13H2,1-4H3. The van der Waals surface area contributed by atoms with Gasteiger partial charge in [-0.3, -0.25) is 0 Å². The molecule has 0 spiro atoms. The number of hydrogen-bond acceptors (Lipinski definition) is 1. The van der Waals surface area contributed by atoms with Gasteiger partial charge in [0.25, 0.3) is 0 Å². The van der Waals surface area contributed by atoms with Crippen LogP contribution in [0.1, 0.15) is 46.1 Å². The first-order valence-electron chi connectivity index (χ1n) is 6.79. The van der Waals surface area contributed by atoms with Crippen LogP contribution in [0.2, 0.25) is 0 Å². The Balaban J connectivity index is 2.30. The SMILES string of the molecule is CC1(C)C=C(C#Cc2ccccc2O)CC(C)(C)C1. The fourth-order valence-corrected chi connectivity index (χ4v) is 3.19. The fourth-order valence-electron chi connectivity index (χ4n) is 3.19. The van der Waals surface area contributed by atoms with E-state index in [1.54, 1.807) is 6.07 Å². The van der Waals surface area contributed by atoms with Crippen LogP contribution < -0.4 is 0 Å². The zero-order chi connectivity index (χ0) is 14.1. The Morgan fingerprint density at radius 3 is 2.37 bits per heavy atom. The molecule has 0 aromatic heterocycles. The lowest BCUT2D eigenvalue weighted by molar-refractivity contribution is 0.218. The molecule has 0 unspecified atom stereocenters. The van der Waals surface area contributed by atoms with Gasteiger partial charge in [-0.1, -0.05) is 57.7 Å². The summed E-state index contributed by atoms with van der Waals surface area (Å²) in [6, 6.07) is 7.23. The minimum atomic E-state index is 0.199. The maximum Gasteiger partial charge on any atom is 0.131 e. The monoisotopic (exact) mass is 254 g/mol. The lowest BCUT2D eigenvalue weighted by Crippen LogP contribution is -2.26. The third-order valence-electron chi connectivity index (χ3n) is 3.43. The topological polar surface area (TPSA) is 20.2 Å². The van der Waals surface area contributed by atoms with Gasteiger partial charge in [-0.05, 0) is 41.4 Å². The third kappa shape index (κ3) is 3.64. The number of benzene rings is 1. The van der Waals surface area contributed by atoms with Gasteiger partial charge in [-0.2, -0.15) is 0 Å². The van der Waals surface area contributed by atoms with Gasteiger partial charge < -0.3 is 5.11 Å². The minimum absolute atomic E-state index is 0.199. The summed E-state index contributed by atoms with van der Waals surface area (Å²) in [4.78, 5) is 0. The molecule has 1 aliphatic rings. The maximum absolute atomic E-state index is 9.72. The number of phenolic OH excluding ortho intramolecular Hbond substituents is 1. The van der Waals surface area contributed by atoms with Crippen molar-refractivity contribution < 1.29 is 5.11 Å². The summed E-state index contributed by atoms with van der Waals surface area (Å²) < 4.78 is 0. The third-order valence-corrected chi connectivity index (χ3v) is 3.43. The highest BCUT2D eigenvalue weighted by Gasteiger charge is 2.32. The van der Waals surface area contributed by atoms with E-state index in [-0.39, 0.29) is 11.2 Å². The first kappa shape index (κ1) is 13.7. The van der Waals surface area contributed by atoms with E-state index in [4.69, 9.17) is 0 Å². The van der Waals surface area contributed by atoms with Gasteiger partial charge in [-0.15, -0.1) is 0 Å². The molecule has 2 rings (SSSR count). The average molecular weight is 254 g/mol. The van der Waals surface area contributed by atoms with E-state index in [1.807, 2.05) is 18.2 Å². The summed E-state index contributed by atoms with van der Waals surface area (Å²) in [5.74, 6) is 6.59. The summed E-state index contributed by atoms with van der Waals surface area (Å²) in [6.07, 6.45) is 4.48. The van der Waals surface area contributed by atoms with E-state index in [1.165, 1.54) is 12.0 Å². The van der Waals surface area contributed by atoms with Gasteiger partial charge in [0.1, 0.15) is 5.75 Å². The van der Waals surface area contributed by atoms with Gasteiger partial charge in [0, 0.05) is 0 Å². The van der Waals surface area contributed by atoms with Crippen LogP contribution in [0.5, 0.6) is 5.75 Å². The van der Waals surface area contributed by atoms with Crippen molar-refractivity contribution >= 4 is 0 Å². The zero-order valence-electron chi connectivity index (χ0n) is 12.2. The molecular formula is C18H22O. The number of hydrogen-bond donors (Lipinski definition) is 1. The predicted octanol–water partition coefficient (Wildman–Crippen LogP) is 4.52. The second kappa shape index (κ2) is 4.78. The normalized spacial score (nSPS) is 20.1. The van der Waals surface area contributed by atoms with Crippen molar-refractivity contribution in [2.75, 3.05) is 0 Å². The van der Waals surface area contributed by atoms with Gasteiger partial charge in [-0.25, -0.2) is 0 Å². The first-order chi connectivity index (χ1) is 8.77. The molecule has 0 aliphatic heterocycles. The van der Waals surface area contributed by atoms with Crippen LogP contribution in [0.4, 0.5) is 0 Å². The summed E-state index contributed by atoms with van der Waals surface area (Å²) >= 11 is 0. The Kier molecular flexibility index (Phi) is 3.45. The molecule has 0 fully saturated rings. The first-order valence-corrected chi connectivity index (χ1v) is 6.79. The summed E-state index contributed by atoms with van der Waals surface area (Å²) in [5.41, 5.74) is 2.37. The molecule has 0 heterocycles. The molecule has 100 valence electrons. The van der Waals surface area contributed by atoms with E-state index in [0.717, 1.165) is 6.42 Å². The molecule has 1 nitrogen and oxygen atoms in total. The molecule has 1 heteroatoms. The molecule has 0 amide bonds. The summed E-state index contributed by atoms with van der Waals surface area (Å²) in [7, 11) is 0. The number of para-hydroxylation sites is 1. The largest absolute Gasteiger partial charge is 0.507 e. The van der Waals surface area contributed by atoms with Crippen LogP contribution in [0.25, 0.3) is 0 Å². The predicted molar refractivity (Wildman–Crippen MR) is 79.9 cm³/mol. The number of allylic oxidation sites excluding steroid dienone is 2. The highest BCUT2D eigenvalue weighted by Crippen LogP contribution is 2.44. The van der Waals surface area contributed by atoms with E-state index in [2.05, 4.69) is 45.6 Å². The molecule has 0 atom stereocenters. The quantitative estimate of drug-likeness (QED) is 0.675. The van der Waals surface area contributed by atoms with Gasteiger partial charge in [0.2, 0.25) is 0 Å². The minimum Gasteiger partial charge on any atom is -0.507 e. The van der Waals surface area contributed by atoms with Crippen molar-refractivity contribution in [2.45, 2.75) is 40.5 Å². The van der Waals surface area contributed by atoms with Crippen molar-refractivity contribution in [2.24, 2.45) is 10.8 Å². The molecule has 0 saturated carbocycles. The Hall–Kier alpha value is -1.68. The second-order valence-corrected chi connectivity index (χ2v) is 6.94. The van der Waals surface area contributed by atoms with Crippen molar-refractivity contribution in [3.8, 4) is 17.6 Å². The van der Waals surface area contributed by atoms with E-state index >= 15 is 0 Å². The Morgan fingerprint density at radius 2 is 1.74 bits per heavy atom. The number of aromatic hydroxyl groups is 1. The van der Waals surface area contributed by atoms with Crippen LogP contribution in [0.15, 0.2) is 35.9 Å². The summed E-state index contributed by atoms with van der Waals surface area (Å²) in [6.45, 7) is 9.11. The van der Waals surface area contributed by atoms with Crippen LogP contribution in [0, 0.1) is 22.7 Å². The smallest absolute Gasteiger partial charge is 0.131 e. The van der Waals surface area contributed by atoms with Crippen LogP contribution in [-0.2, 0) is 0 Å². The molecule has 1 N–H and O–H groups in total. The van der Waals surface area contributed by atoms with Crippen molar-refractivity contribution in [1.29, 1.82) is 0 Å². The molecule has 0 radical (unpaired) electrons. The Morgan fingerprint density at radius 1 is 1.05 bits per heavy atom. The van der Waals surface area contributed by atoms with Crippen LogP contribution in [0.3, 0.4) is 0 Å². The molecule has 1 aliphatic carbocycles. The molecule has 1 aromatic carbocycles. The van der Waals surface area contributed by atoms with Crippen LogP contribution in [-0.4, -0.2) is 5.11 Å². The van der Waals surface area contributed by atoms with Crippen molar-refractivity contribution in [3.05, 3.63) is 41.5 Å². The molecular weight excluding hydrogens is 232 g/mol. The Labute approximate surface area is 116 Å². The van der Waals surface area contributed by atoms with E-state index in [0.29, 0.717) is 11.0 Å². The van der Waals surface area contributed by atoms with E-state index < -0.39 is 0 Å². The molecule has 0 bridgehead atoms. The lowest BCUT2D eigenvalue weighted by atomic mass is 9.67. The van der Waals surface area contributed by atoms with Crippen molar-refractivity contribution in [3.63, 3.8) is 0 Å². The highest BCUT2D eigenvalue weighted by atomic mass is 16.3. The number of phenols is 1. The van der Waals surface area contributed by atoms with E-state index in [9.17, 15) is 5.11 Å². The second-order valence-electron chi connectivity index (χ2n) is 6.94. The summed E-state index contributed by atoms with van der Waals surface area (Å²) in [5, 5.41) is 9.72. The van der Waals surface area contributed by atoms with Gasteiger partial charge >= 0.3 is 0 Å². The van der Waals surface area contributed by atoms with Gasteiger partial charge in [0.15, 0.2) is 0 Å². The lowest BCUT2D eigenvalue weighted by Gasteiger charge is -2.38. The van der Waals surface area contributed by atoms with Crippen molar-refractivity contribution in [1.82, 2.24) is 0 Å². The molecule has 0 saturated heterocycles. The molecule has 1 aromatic rings. The van der Waals surface area contributed by atoms with Gasteiger partial charge in [0.05, 0.1) is 5.56 Å². The Bertz CT molecular complexity index is 565. The zero-order valence-corrected chi connectivity index (χ0v) is 12.2. The maximum atomic E-state index is 9.72. The van der Waals surface area contributed by atoms with Crippen LogP contribution >= 0.6 is 0 Å². The molecule has 19 heavy (non-hydrogen) atoms. The number of rotatable bonds is 0. The average Bonchev–Trinajstić information content (AvgIpc) is 2.23.